The summed E-state index contributed by atoms with van der Waals surface area (Å²) in [5.74, 6) is -10.8. The smallest absolute Gasteiger partial charge is 0.417 e. The summed E-state index contributed by atoms with van der Waals surface area (Å²) >= 11 is 0. The number of aliphatic hydroxyl groups is 2. The number of nitrogens with one attached hydrogen (secondary N) is 14. The minimum absolute atomic E-state index is 0.0380. The molecule has 0 aliphatic carbocycles. The van der Waals surface area contributed by atoms with E-state index >= 15 is 0 Å². The highest BCUT2D eigenvalue weighted by Gasteiger charge is 2.42. The zero-order valence-corrected chi connectivity index (χ0v) is 65.4. The molecule has 626 valence electrons. The van der Waals surface area contributed by atoms with E-state index in [9.17, 15) is 94.0 Å². The fourth-order valence-corrected chi connectivity index (χ4v) is 14.5. The molecule has 39 heteroatoms. The van der Waals surface area contributed by atoms with Crippen LogP contribution in [-0.4, -0.2) is 206 Å². The predicted molar refractivity (Wildman–Crippen MR) is 413 cm³/mol. The van der Waals surface area contributed by atoms with Gasteiger partial charge in [-0.15, -0.1) is 0 Å². The number of amides is 11. The van der Waals surface area contributed by atoms with Crippen LogP contribution in [0.4, 0.5) is 23.2 Å². The number of para-hydroxylation sites is 1. The molecule has 2 fully saturated rings. The van der Waals surface area contributed by atoms with Gasteiger partial charge in [0.15, 0.2) is 21.4 Å². The maximum absolute atomic E-state index is 14.7. The Kier molecular flexibility index (Phi) is 32.9. The van der Waals surface area contributed by atoms with E-state index in [0.29, 0.717) is 54.1 Å². The molecular weight excluding hydrogens is 1540 g/mol. The number of nitriles is 1. The number of fused-ring (bicyclic) bond motifs is 1. The molecule has 2 aromatic heterocycles. The van der Waals surface area contributed by atoms with E-state index in [1.165, 1.54) is 47.8 Å². The standard InChI is InChI=1S/C59H84N16O12.C18H14F4N2O4S/c1-6-63-57(86)48-14-10-22-75(48)58(87)41(13-9-21-64-59(60)61)68-51(80)42(23-32(2)3)69-52(81)43(24-33(4)5)70-53(82)44(25-34-15-17-37(77)18-16-34)71-56(85)47(30-76)74-54(83)45(26-35-28-65-39-12-8-7-11-38(35)39)72-55(84)46(27-36-29-62-31-66-36)73-50(79)40-19-20-49(78)67-40;1-17(26,10-29(27,28)14-6-3-12(19)4-7-14)16(25)24-13-5-2-11(9-23)15(8-13)18(20,21)22/h7-8,11-12,15-18,28-29,31-33,40-48,65,76-77H,6,9-10,13-14,19-27,30H2,1-5H3,(H,62,66)(H,63,86)(H,67,78)(H,68,80)(H,69,81)(H,70,82)(H,71,85)(H,72,84)(H,73,79)(H,74,83)(H4,60,61,64);2-8,26H,10H2,1H3,(H,24,25)/t40-,41-,42-,43+,44-,45-,46-,47-,48-;/m0./s1. The van der Waals surface area contributed by atoms with Crippen LogP contribution in [-0.2, 0) is 88.0 Å². The Morgan fingerprint density at radius 3 is 1.87 bits per heavy atom. The molecule has 8 rings (SSSR count). The number of nitrogens with two attached hydrogens (primary N) is 1. The number of phenolic OH excluding ortho intramolecular Hbond substituents is 1. The second-order valence-corrected chi connectivity index (χ2v) is 31.1. The number of imidazole rings is 1. The summed E-state index contributed by atoms with van der Waals surface area (Å²) in [6.07, 6.45) is 0.949. The summed E-state index contributed by atoms with van der Waals surface area (Å²) < 4.78 is 76.6. The zero-order chi connectivity index (χ0) is 85.4. The number of sulfone groups is 1. The van der Waals surface area contributed by atoms with E-state index in [0.717, 1.165) is 48.8 Å². The first-order chi connectivity index (χ1) is 54.8. The van der Waals surface area contributed by atoms with Crippen molar-refractivity contribution < 1.29 is 94.0 Å². The Labute approximate surface area is 665 Å². The topological polar surface area (TPSA) is 536 Å². The molecule has 10 atom stereocenters. The minimum atomic E-state index is -4.86. The fraction of sp³-hybridized carbons (Fsp3) is 0.455. The number of carbonyl (C=O) groups excluding carboxylic acids is 11. The number of aromatic nitrogens is 3. The number of carbonyl (C=O) groups is 11. The minimum Gasteiger partial charge on any atom is -0.508 e. The van der Waals surface area contributed by atoms with Gasteiger partial charge in [-0.05, 0) is 142 Å². The highest BCUT2D eigenvalue weighted by molar-refractivity contribution is 7.91. The lowest BCUT2D eigenvalue weighted by Crippen LogP contribution is -2.61. The molecule has 4 heterocycles. The molecule has 2 aliphatic heterocycles. The third-order valence-electron chi connectivity index (χ3n) is 18.8. The Hall–Kier alpha value is -12.1. The largest absolute Gasteiger partial charge is 0.508 e. The van der Waals surface area contributed by atoms with Crippen LogP contribution in [0.2, 0.25) is 0 Å². The van der Waals surface area contributed by atoms with E-state index in [2.05, 4.69) is 68.1 Å². The van der Waals surface area contributed by atoms with Crippen LogP contribution in [0.5, 0.6) is 5.75 Å². The van der Waals surface area contributed by atoms with Crippen LogP contribution in [0.3, 0.4) is 0 Å². The van der Waals surface area contributed by atoms with Gasteiger partial charge in [0.2, 0.25) is 59.1 Å². The first kappa shape index (κ1) is 91.1. The van der Waals surface area contributed by atoms with E-state index in [1.54, 1.807) is 45.2 Å². The van der Waals surface area contributed by atoms with E-state index in [4.69, 9.17) is 16.4 Å². The third-order valence-corrected chi connectivity index (χ3v) is 20.7. The molecule has 116 heavy (non-hydrogen) atoms. The normalized spacial score (nSPS) is 16.4. The quantitative estimate of drug-likeness (QED) is 0.00867. The summed E-state index contributed by atoms with van der Waals surface area (Å²) in [7, 11) is -4.21. The fourth-order valence-electron chi connectivity index (χ4n) is 12.9. The molecular formula is C77H98F4N18O16S. The van der Waals surface area contributed by atoms with Crippen LogP contribution in [0.25, 0.3) is 10.9 Å². The molecule has 0 bridgehead atoms. The van der Waals surface area contributed by atoms with Crippen molar-refractivity contribution in [2.45, 2.75) is 183 Å². The van der Waals surface area contributed by atoms with Crippen LogP contribution < -0.4 is 64.2 Å². The van der Waals surface area contributed by atoms with Gasteiger partial charge in [-0.3, -0.25) is 58.1 Å². The molecule has 11 amide bonds. The van der Waals surface area contributed by atoms with Crippen molar-refractivity contribution in [3.05, 3.63) is 143 Å². The zero-order valence-electron chi connectivity index (χ0n) is 64.5. The number of rotatable bonds is 37. The second-order valence-electron chi connectivity index (χ2n) is 29.1. The summed E-state index contributed by atoms with van der Waals surface area (Å²) in [5, 5.41) is 77.2. The summed E-state index contributed by atoms with van der Waals surface area (Å²) in [4.78, 5) is 163. The molecule has 19 N–H and O–H groups in total. The molecule has 0 radical (unpaired) electrons. The molecule has 6 aromatic rings. The van der Waals surface area contributed by atoms with Crippen LogP contribution >= 0.6 is 0 Å². The number of hydrogen-bond acceptors (Lipinski definition) is 19. The number of phenols is 1. The number of H-pyrrole nitrogens is 2. The van der Waals surface area contributed by atoms with Crippen LogP contribution in [0.15, 0.2) is 115 Å². The van der Waals surface area contributed by atoms with Crippen molar-refractivity contribution in [1.29, 1.82) is 10.7 Å². The number of anilines is 1. The number of hydrogen-bond donors (Lipinski definition) is 18. The van der Waals surface area contributed by atoms with Gasteiger partial charge >= 0.3 is 6.18 Å². The Balaban J connectivity index is 0.000000536. The molecule has 0 saturated carbocycles. The monoisotopic (exact) mass is 1640 g/mol. The molecule has 0 spiro atoms. The third kappa shape index (κ3) is 26.8. The summed E-state index contributed by atoms with van der Waals surface area (Å²) in [6, 6.07) is 8.97. The number of halogens is 4. The Morgan fingerprint density at radius 1 is 0.733 bits per heavy atom. The number of benzene rings is 4. The molecule has 1 unspecified atom stereocenters. The second kappa shape index (κ2) is 41.8. The molecule has 34 nitrogen and oxygen atoms in total. The van der Waals surface area contributed by atoms with Gasteiger partial charge in [-0.1, -0.05) is 58.0 Å². The number of nitrogens with zero attached hydrogens (tertiary/aromatic N) is 3. The average Bonchev–Trinajstić information content (AvgIpc) is 1.60. The maximum atomic E-state index is 14.7. The SMILES string of the molecule is CC(O)(CS(=O)(=O)c1ccc(F)cc1)C(=O)Nc1ccc(C#N)c(C(F)(F)F)c1.CCNC(=O)[C@@H]1CCCN1C(=O)[C@H](CCCNC(=N)N)NC(=O)[C@H](CC(C)C)NC(=O)[C@@H](CC(C)C)NC(=O)[C@H](Cc1ccc(O)cc1)NC(=O)[C@H](CO)NC(=O)[C@H](Cc1c[nH]c2ccccc12)NC(=O)[C@H](Cc1cnc[nH]1)NC(=O)[C@@H]1CCC(=O)N1. The van der Waals surface area contributed by atoms with Gasteiger partial charge in [-0.2, -0.15) is 18.4 Å². The van der Waals surface area contributed by atoms with Gasteiger partial charge in [0, 0.05) is 80.0 Å². The van der Waals surface area contributed by atoms with Crippen molar-refractivity contribution in [3.63, 3.8) is 0 Å². The number of alkyl halides is 3. The van der Waals surface area contributed by atoms with Crippen molar-refractivity contribution >= 4 is 97.4 Å². The van der Waals surface area contributed by atoms with Crippen molar-refractivity contribution in [1.82, 2.24) is 73.0 Å². The van der Waals surface area contributed by atoms with Gasteiger partial charge in [-0.25, -0.2) is 17.8 Å². The Bertz CT molecular complexity index is 4640. The first-order valence-electron chi connectivity index (χ1n) is 37.4. The highest BCUT2D eigenvalue weighted by atomic mass is 32.2. The van der Waals surface area contributed by atoms with Gasteiger partial charge in [0.25, 0.3) is 5.91 Å². The van der Waals surface area contributed by atoms with Gasteiger partial charge < -0.3 is 94.4 Å². The van der Waals surface area contributed by atoms with E-state index < -0.39 is 158 Å². The lowest BCUT2D eigenvalue weighted by Gasteiger charge is -2.31. The number of aromatic amines is 2. The lowest BCUT2D eigenvalue weighted by atomic mass is 9.98. The summed E-state index contributed by atoms with van der Waals surface area (Å²) in [5.41, 5.74) is 2.83. The number of guanidine groups is 1. The first-order valence-corrected chi connectivity index (χ1v) is 39.1. The van der Waals surface area contributed by atoms with Crippen LogP contribution in [0.1, 0.15) is 121 Å². The summed E-state index contributed by atoms with van der Waals surface area (Å²) in [6.45, 7) is 9.75. The van der Waals surface area contributed by atoms with E-state index in [-0.39, 0.29) is 110 Å². The van der Waals surface area contributed by atoms with E-state index in [1.807, 2.05) is 25.2 Å². The number of likely N-dealkylation sites (tertiary alicyclic amines) is 1. The highest BCUT2D eigenvalue weighted by Crippen LogP contribution is 2.34. The van der Waals surface area contributed by atoms with Crippen molar-refractivity contribution in [2.75, 3.05) is 37.3 Å². The molecule has 2 aliphatic rings. The van der Waals surface area contributed by atoms with Crippen molar-refractivity contribution in [2.24, 2.45) is 17.6 Å². The van der Waals surface area contributed by atoms with Gasteiger partial charge in [0.05, 0.1) is 40.8 Å². The number of likely N-dealkylation sites (N-methyl/N-ethyl adjacent to an activating group) is 1. The molecule has 4 aromatic carbocycles. The van der Waals surface area contributed by atoms with Gasteiger partial charge in [0.1, 0.15) is 65.9 Å². The molecule has 2 saturated heterocycles. The average molecular weight is 1640 g/mol. The Morgan fingerprint density at radius 2 is 1.31 bits per heavy atom. The predicted octanol–water partition coefficient (Wildman–Crippen LogP) is 1.65. The van der Waals surface area contributed by atoms with Crippen LogP contribution in [0, 0.1) is 34.4 Å². The number of aliphatic hydroxyl groups excluding tert-OH is 1. The van der Waals surface area contributed by atoms with Crippen molar-refractivity contribution in [3.8, 4) is 11.8 Å². The maximum Gasteiger partial charge on any atom is 0.417 e. The lowest BCUT2D eigenvalue weighted by molar-refractivity contribution is -0.142. The number of aromatic hydroxyl groups is 1.